The van der Waals surface area contributed by atoms with Gasteiger partial charge in [0.15, 0.2) is 0 Å². The number of piperidine rings is 1. The van der Waals surface area contributed by atoms with Gasteiger partial charge in [0.1, 0.15) is 5.78 Å². The number of amides is 1. The first-order valence-corrected chi connectivity index (χ1v) is 9.11. The molecule has 0 unspecified atom stereocenters. The van der Waals surface area contributed by atoms with Crippen LogP contribution in [-0.4, -0.2) is 29.2 Å². The maximum atomic E-state index is 13.1. The summed E-state index contributed by atoms with van der Waals surface area (Å²) in [6.07, 6.45) is -9.83. The van der Waals surface area contributed by atoms with Crippen LogP contribution in [0, 0.1) is 0 Å². The second-order valence-electron chi connectivity index (χ2n) is 7.13. The van der Waals surface area contributed by atoms with E-state index in [2.05, 4.69) is 0 Å². The zero-order chi connectivity index (χ0) is 22.1. The second kappa shape index (κ2) is 8.12. The van der Waals surface area contributed by atoms with Crippen LogP contribution < -0.4 is 0 Å². The van der Waals surface area contributed by atoms with E-state index < -0.39 is 41.0 Å². The Bertz CT molecular complexity index is 904. The Hall–Kier alpha value is -2.84. The Labute approximate surface area is 168 Å². The fourth-order valence-electron chi connectivity index (χ4n) is 3.48. The van der Waals surface area contributed by atoms with Crippen LogP contribution >= 0.6 is 0 Å². The van der Waals surface area contributed by atoms with Crippen LogP contribution in [0.5, 0.6) is 0 Å². The second-order valence-corrected chi connectivity index (χ2v) is 7.13. The van der Waals surface area contributed by atoms with Crippen molar-refractivity contribution in [1.82, 2.24) is 4.90 Å². The highest BCUT2D eigenvalue weighted by Gasteiger charge is 2.39. The summed E-state index contributed by atoms with van der Waals surface area (Å²) >= 11 is 0. The monoisotopic (exact) mass is 429 g/mol. The summed E-state index contributed by atoms with van der Waals surface area (Å²) in [5.74, 6) is -1.07. The van der Waals surface area contributed by atoms with Crippen molar-refractivity contribution in [3.05, 3.63) is 70.8 Å². The minimum absolute atomic E-state index is 0.00210. The molecule has 0 saturated carbocycles. The molecule has 3 rings (SSSR count). The Morgan fingerprint density at radius 2 is 1.50 bits per heavy atom. The molecule has 1 saturated heterocycles. The molecule has 30 heavy (non-hydrogen) atoms. The van der Waals surface area contributed by atoms with E-state index in [0.29, 0.717) is 12.1 Å². The minimum atomic E-state index is -5.04. The molecule has 0 aliphatic carbocycles. The molecule has 160 valence electrons. The Balaban J connectivity index is 1.97. The van der Waals surface area contributed by atoms with Gasteiger partial charge in [0, 0.05) is 31.0 Å². The average Bonchev–Trinajstić information content (AvgIpc) is 2.67. The molecule has 1 amide bonds. The van der Waals surface area contributed by atoms with E-state index >= 15 is 0 Å². The van der Waals surface area contributed by atoms with Crippen LogP contribution in [0.2, 0.25) is 0 Å². The zero-order valence-electron chi connectivity index (χ0n) is 15.6. The number of likely N-dealkylation sites (tertiary alicyclic amines) is 1. The van der Waals surface area contributed by atoms with E-state index in [4.69, 9.17) is 0 Å². The number of benzene rings is 2. The third-order valence-electron chi connectivity index (χ3n) is 4.95. The first-order valence-electron chi connectivity index (χ1n) is 9.11. The summed E-state index contributed by atoms with van der Waals surface area (Å²) in [5, 5.41) is 0. The predicted molar refractivity (Wildman–Crippen MR) is 95.7 cm³/mol. The van der Waals surface area contributed by atoms with Gasteiger partial charge in [0.05, 0.1) is 11.1 Å². The molecule has 1 aliphatic rings. The molecule has 1 aliphatic heterocycles. The minimum Gasteiger partial charge on any atom is -0.334 e. The van der Waals surface area contributed by atoms with E-state index in [1.165, 1.54) is 4.90 Å². The molecule has 9 heteroatoms. The number of carbonyl (C=O) groups is 2. The number of alkyl halides is 6. The molecule has 0 radical (unpaired) electrons. The SMILES string of the molecule is O=C1CCN(C(=O)c2cc(C(F)(F)F)cc(C(F)(F)F)c2)[C@@H](Cc2ccccc2)C1. The number of nitrogens with zero attached hydrogens (tertiary/aromatic N) is 1. The van der Waals surface area contributed by atoms with Gasteiger partial charge in [-0.1, -0.05) is 30.3 Å². The van der Waals surface area contributed by atoms with Crippen molar-refractivity contribution in [3.63, 3.8) is 0 Å². The number of hydrogen-bond donors (Lipinski definition) is 0. The Kier molecular flexibility index (Phi) is 5.92. The molecule has 0 spiro atoms. The van der Waals surface area contributed by atoms with Gasteiger partial charge in [-0.2, -0.15) is 26.3 Å². The molecule has 0 aromatic heterocycles. The van der Waals surface area contributed by atoms with E-state index in [0.717, 1.165) is 5.56 Å². The summed E-state index contributed by atoms with van der Waals surface area (Å²) in [4.78, 5) is 26.0. The summed E-state index contributed by atoms with van der Waals surface area (Å²) in [6, 6.07) is 9.02. The Morgan fingerprint density at radius 3 is 2.03 bits per heavy atom. The van der Waals surface area contributed by atoms with E-state index in [9.17, 15) is 35.9 Å². The lowest BCUT2D eigenvalue weighted by molar-refractivity contribution is -0.143. The van der Waals surface area contributed by atoms with Gasteiger partial charge in [0.25, 0.3) is 5.91 Å². The fourth-order valence-corrected chi connectivity index (χ4v) is 3.48. The van der Waals surface area contributed by atoms with Crippen LogP contribution in [0.15, 0.2) is 48.5 Å². The molecular weight excluding hydrogens is 412 g/mol. The highest BCUT2D eigenvalue weighted by molar-refractivity contribution is 5.96. The van der Waals surface area contributed by atoms with Gasteiger partial charge in [-0.3, -0.25) is 9.59 Å². The molecule has 2 aromatic carbocycles. The van der Waals surface area contributed by atoms with Crippen molar-refractivity contribution in [3.8, 4) is 0 Å². The Morgan fingerprint density at radius 1 is 0.933 bits per heavy atom. The topological polar surface area (TPSA) is 37.4 Å². The first kappa shape index (κ1) is 21.9. The van der Waals surface area contributed by atoms with Crippen molar-refractivity contribution in [2.24, 2.45) is 0 Å². The van der Waals surface area contributed by atoms with Gasteiger partial charge < -0.3 is 4.90 Å². The molecule has 2 aromatic rings. The standard InChI is InChI=1S/C21H17F6NO2/c22-20(23,24)15-9-14(10-16(11-15)21(25,26)27)19(30)28-7-6-18(29)12-17(28)8-13-4-2-1-3-5-13/h1-5,9-11,17H,6-8,12H2/t17-/m0/s1. The normalized spacial score (nSPS) is 17.9. The molecule has 1 heterocycles. The molecule has 0 bridgehead atoms. The highest BCUT2D eigenvalue weighted by Crippen LogP contribution is 2.37. The van der Waals surface area contributed by atoms with Crippen LogP contribution in [0.4, 0.5) is 26.3 Å². The molecule has 1 fully saturated rings. The summed E-state index contributed by atoms with van der Waals surface area (Å²) in [7, 11) is 0. The van der Waals surface area contributed by atoms with E-state index in [1.54, 1.807) is 30.3 Å². The first-order chi connectivity index (χ1) is 13.9. The van der Waals surface area contributed by atoms with Crippen LogP contribution in [0.3, 0.4) is 0 Å². The average molecular weight is 429 g/mol. The predicted octanol–water partition coefficient (Wildman–Crippen LogP) is 5.14. The van der Waals surface area contributed by atoms with Gasteiger partial charge in [-0.15, -0.1) is 0 Å². The van der Waals surface area contributed by atoms with Gasteiger partial charge >= 0.3 is 12.4 Å². The summed E-state index contributed by atoms with van der Waals surface area (Å²) in [6.45, 7) is -0.0627. The van der Waals surface area contributed by atoms with Crippen molar-refractivity contribution in [1.29, 1.82) is 0 Å². The van der Waals surface area contributed by atoms with Crippen LogP contribution in [0.25, 0.3) is 0 Å². The number of carbonyl (C=O) groups excluding carboxylic acids is 2. The number of halogens is 6. The zero-order valence-corrected chi connectivity index (χ0v) is 15.6. The smallest absolute Gasteiger partial charge is 0.334 e. The largest absolute Gasteiger partial charge is 0.416 e. The lowest BCUT2D eigenvalue weighted by atomic mass is 9.93. The summed E-state index contributed by atoms with van der Waals surface area (Å²) in [5.41, 5.74) is -3.00. The number of hydrogen-bond acceptors (Lipinski definition) is 2. The van der Waals surface area contributed by atoms with E-state index in [-0.39, 0.29) is 37.7 Å². The maximum absolute atomic E-state index is 13.1. The third-order valence-corrected chi connectivity index (χ3v) is 4.95. The quantitative estimate of drug-likeness (QED) is 0.634. The maximum Gasteiger partial charge on any atom is 0.416 e. The van der Waals surface area contributed by atoms with Crippen molar-refractivity contribution < 1.29 is 35.9 Å². The lowest BCUT2D eigenvalue weighted by Gasteiger charge is -2.35. The number of ketones is 1. The van der Waals surface area contributed by atoms with Gasteiger partial charge in [-0.25, -0.2) is 0 Å². The number of Topliss-reactive ketones (excluding diaryl/α,β-unsaturated/α-hetero) is 1. The highest BCUT2D eigenvalue weighted by atomic mass is 19.4. The van der Waals surface area contributed by atoms with Crippen molar-refractivity contribution in [2.75, 3.05) is 6.54 Å². The molecule has 1 atom stereocenters. The molecular formula is C21H17F6NO2. The van der Waals surface area contributed by atoms with E-state index in [1.807, 2.05) is 0 Å². The third kappa shape index (κ3) is 5.01. The van der Waals surface area contributed by atoms with Crippen molar-refractivity contribution in [2.45, 2.75) is 37.7 Å². The lowest BCUT2D eigenvalue weighted by Crippen LogP contribution is -2.47. The molecule has 3 nitrogen and oxygen atoms in total. The van der Waals surface area contributed by atoms with Gasteiger partial charge in [-0.05, 0) is 30.2 Å². The number of rotatable bonds is 3. The van der Waals surface area contributed by atoms with Gasteiger partial charge in [0.2, 0.25) is 0 Å². The molecule has 0 N–H and O–H groups in total. The van der Waals surface area contributed by atoms with Crippen LogP contribution in [0.1, 0.15) is 39.9 Å². The summed E-state index contributed by atoms with van der Waals surface area (Å²) < 4.78 is 78.7. The van der Waals surface area contributed by atoms with Crippen molar-refractivity contribution >= 4 is 11.7 Å². The fraction of sp³-hybridized carbons (Fsp3) is 0.333. The van der Waals surface area contributed by atoms with Crippen LogP contribution in [-0.2, 0) is 23.6 Å².